The molecule has 0 saturated heterocycles. The van der Waals surface area contributed by atoms with Gasteiger partial charge in [0.2, 0.25) is 5.91 Å². The summed E-state index contributed by atoms with van der Waals surface area (Å²) in [6.07, 6.45) is 0. The summed E-state index contributed by atoms with van der Waals surface area (Å²) < 4.78 is 1.80. The Morgan fingerprint density at radius 3 is 2.93 bits per heavy atom. The van der Waals surface area contributed by atoms with Gasteiger partial charge in [0, 0.05) is 6.04 Å². The molecule has 1 amide bonds. The van der Waals surface area contributed by atoms with Crippen LogP contribution < -0.4 is 5.32 Å². The number of hydrogen-bond donors (Lipinski definition) is 3. The predicted octanol–water partition coefficient (Wildman–Crippen LogP) is -0.0424. The van der Waals surface area contributed by atoms with E-state index in [1.807, 2.05) is 13.8 Å². The molecule has 7 heteroatoms. The maximum atomic E-state index is 11.4. The van der Waals surface area contributed by atoms with Gasteiger partial charge in [0.1, 0.15) is 13.2 Å². The molecule has 15 heavy (non-hydrogen) atoms. The van der Waals surface area contributed by atoms with Crippen LogP contribution >= 0.6 is 12.2 Å². The fourth-order valence-corrected chi connectivity index (χ4v) is 1.36. The van der Waals surface area contributed by atoms with Crippen LogP contribution in [0.5, 0.6) is 0 Å². The molecule has 0 bridgehead atoms. The molecule has 1 aromatic heterocycles. The summed E-state index contributed by atoms with van der Waals surface area (Å²) in [6.45, 7) is 3.57. The van der Waals surface area contributed by atoms with Crippen LogP contribution in [-0.2, 0) is 17.9 Å². The summed E-state index contributed by atoms with van der Waals surface area (Å²) in [5.74, 6) is 0.205. The average molecular weight is 230 g/mol. The van der Waals surface area contributed by atoms with E-state index < -0.39 is 0 Å². The summed E-state index contributed by atoms with van der Waals surface area (Å²) in [4.78, 5) is 11.4. The van der Waals surface area contributed by atoms with Gasteiger partial charge < -0.3 is 10.4 Å². The molecule has 1 heterocycles. The maximum absolute atomic E-state index is 11.4. The molecular formula is C8H14N4O2S. The lowest BCUT2D eigenvalue weighted by Gasteiger charge is -2.09. The van der Waals surface area contributed by atoms with Gasteiger partial charge in [-0.1, -0.05) is 0 Å². The summed E-state index contributed by atoms with van der Waals surface area (Å²) >= 11 is 4.92. The molecule has 0 aliphatic rings. The predicted molar refractivity (Wildman–Crippen MR) is 56.6 cm³/mol. The zero-order chi connectivity index (χ0) is 11.4. The number of aromatic amines is 1. The van der Waals surface area contributed by atoms with Gasteiger partial charge in [0.15, 0.2) is 10.6 Å². The third kappa shape index (κ3) is 3.14. The second kappa shape index (κ2) is 5.04. The van der Waals surface area contributed by atoms with Crippen LogP contribution in [-0.4, -0.2) is 31.8 Å². The highest BCUT2D eigenvalue weighted by atomic mass is 32.1. The van der Waals surface area contributed by atoms with Crippen molar-refractivity contribution in [1.82, 2.24) is 20.1 Å². The van der Waals surface area contributed by atoms with Crippen LogP contribution in [0.3, 0.4) is 0 Å². The third-order valence-electron chi connectivity index (χ3n) is 1.73. The van der Waals surface area contributed by atoms with E-state index >= 15 is 0 Å². The van der Waals surface area contributed by atoms with Gasteiger partial charge >= 0.3 is 0 Å². The van der Waals surface area contributed by atoms with Gasteiger partial charge in [-0.25, -0.2) is 0 Å². The zero-order valence-electron chi connectivity index (χ0n) is 8.65. The fourth-order valence-electron chi connectivity index (χ4n) is 1.15. The Morgan fingerprint density at radius 1 is 1.73 bits per heavy atom. The number of nitrogens with one attached hydrogen (secondary N) is 2. The minimum Gasteiger partial charge on any atom is -0.388 e. The zero-order valence-corrected chi connectivity index (χ0v) is 9.47. The fraction of sp³-hybridized carbons (Fsp3) is 0.625. The Hall–Kier alpha value is -1.21. The first-order chi connectivity index (χ1) is 7.04. The van der Waals surface area contributed by atoms with Crippen molar-refractivity contribution >= 4 is 18.1 Å². The minimum atomic E-state index is -0.248. The van der Waals surface area contributed by atoms with E-state index in [1.54, 1.807) is 0 Å². The summed E-state index contributed by atoms with van der Waals surface area (Å²) in [7, 11) is 0. The molecule has 3 N–H and O–H groups in total. The van der Waals surface area contributed by atoms with E-state index in [2.05, 4.69) is 15.5 Å². The molecule has 0 radical (unpaired) electrons. The van der Waals surface area contributed by atoms with Crippen LogP contribution in [0.15, 0.2) is 0 Å². The molecule has 0 aliphatic carbocycles. The number of hydrogen-bond acceptors (Lipinski definition) is 4. The number of aromatic nitrogens is 3. The van der Waals surface area contributed by atoms with E-state index in [0.29, 0.717) is 10.6 Å². The van der Waals surface area contributed by atoms with Crippen LogP contribution in [0.1, 0.15) is 19.7 Å². The van der Waals surface area contributed by atoms with Crippen molar-refractivity contribution < 1.29 is 9.90 Å². The van der Waals surface area contributed by atoms with Crippen LogP contribution in [0.25, 0.3) is 0 Å². The second-order valence-corrected chi connectivity index (χ2v) is 3.80. The number of H-pyrrole nitrogens is 1. The highest BCUT2D eigenvalue weighted by Crippen LogP contribution is 1.97. The molecule has 0 fully saturated rings. The molecule has 0 saturated carbocycles. The van der Waals surface area contributed by atoms with E-state index in [4.69, 9.17) is 17.3 Å². The van der Waals surface area contributed by atoms with Crippen molar-refractivity contribution in [2.45, 2.75) is 33.0 Å². The number of amides is 1. The third-order valence-corrected chi connectivity index (χ3v) is 2.04. The van der Waals surface area contributed by atoms with Gasteiger partial charge in [-0.3, -0.25) is 14.5 Å². The van der Waals surface area contributed by atoms with E-state index in [9.17, 15) is 4.79 Å². The van der Waals surface area contributed by atoms with Gasteiger partial charge in [0.05, 0.1) is 0 Å². The van der Waals surface area contributed by atoms with Crippen molar-refractivity contribution in [1.29, 1.82) is 0 Å². The van der Waals surface area contributed by atoms with Crippen molar-refractivity contribution in [3.8, 4) is 0 Å². The quantitative estimate of drug-likeness (QED) is 0.634. The van der Waals surface area contributed by atoms with E-state index in [1.165, 1.54) is 4.57 Å². The molecule has 1 rings (SSSR count). The lowest BCUT2D eigenvalue weighted by molar-refractivity contribution is -0.122. The lowest BCUT2D eigenvalue weighted by Crippen LogP contribution is -2.33. The van der Waals surface area contributed by atoms with Crippen molar-refractivity contribution in [2.75, 3.05) is 0 Å². The molecule has 0 aromatic carbocycles. The molecular weight excluding hydrogens is 216 g/mol. The maximum Gasteiger partial charge on any atom is 0.240 e. The van der Waals surface area contributed by atoms with E-state index in [0.717, 1.165) is 0 Å². The molecule has 6 nitrogen and oxygen atoms in total. The van der Waals surface area contributed by atoms with Crippen molar-refractivity contribution in [2.24, 2.45) is 0 Å². The molecule has 1 aromatic rings. The monoisotopic (exact) mass is 230 g/mol. The number of nitrogens with zero attached hydrogens (tertiary/aromatic N) is 2. The van der Waals surface area contributed by atoms with Crippen LogP contribution in [0, 0.1) is 4.77 Å². The van der Waals surface area contributed by atoms with Gasteiger partial charge in [-0.15, -0.1) is 0 Å². The normalized spacial score (nSPS) is 10.7. The molecule has 0 aliphatic heterocycles. The van der Waals surface area contributed by atoms with E-state index in [-0.39, 0.29) is 25.1 Å². The number of aliphatic hydroxyl groups is 1. The molecule has 0 atom stereocenters. The van der Waals surface area contributed by atoms with Crippen molar-refractivity contribution in [3.63, 3.8) is 0 Å². The SMILES string of the molecule is CC(C)NC(=O)Cn1c(CO)n[nH]c1=S. The Bertz CT molecular complexity index is 396. The first-order valence-corrected chi connectivity index (χ1v) is 4.99. The highest BCUT2D eigenvalue weighted by Gasteiger charge is 2.09. The second-order valence-electron chi connectivity index (χ2n) is 3.41. The summed E-state index contributed by atoms with van der Waals surface area (Å²) in [5.41, 5.74) is 0. The Balaban J connectivity index is 2.75. The minimum absolute atomic E-state index is 0.0728. The largest absolute Gasteiger partial charge is 0.388 e. The van der Waals surface area contributed by atoms with Crippen molar-refractivity contribution in [3.05, 3.63) is 10.6 Å². The Morgan fingerprint density at radius 2 is 2.40 bits per heavy atom. The van der Waals surface area contributed by atoms with Gasteiger partial charge in [-0.05, 0) is 26.1 Å². The first-order valence-electron chi connectivity index (χ1n) is 4.59. The van der Waals surface area contributed by atoms with Gasteiger partial charge in [0.25, 0.3) is 0 Å². The van der Waals surface area contributed by atoms with Crippen LogP contribution in [0.2, 0.25) is 0 Å². The number of rotatable bonds is 4. The standard InChI is InChI=1S/C8H14N4O2S/c1-5(2)9-7(14)3-12-6(4-13)10-11-8(12)15/h5,13H,3-4H2,1-2H3,(H,9,14)(H,11,15). The average Bonchev–Trinajstić information content (AvgIpc) is 2.46. The van der Waals surface area contributed by atoms with Crippen LogP contribution in [0.4, 0.5) is 0 Å². The first kappa shape index (κ1) is 11.9. The molecule has 0 unspecified atom stereocenters. The molecule has 0 spiro atoms. The summed E-state index contributed by atoms with van der Waals surface area (Å²) in [6, 6.07) is 0.0798. The lowest BCUT2D eigenvalue weighted by atomic mass is 10.4. The smallest absolute Gasteiger partial charge is 0.240 e. The Kier molecular flexibility index (Phi) is 3.98. The summed E-state index contributed by atoms with van der Waals surface area (Å²) in [5, 5.41) is 18.0. The van der Waals surface area contributed by atoms with Gasteiger partial charge in [-0.2, -0.15) is 5.10 Å². The molecule has 84 valence electrons. The highest BCUT2D eigenvalue weighted by molar-refractivity contribution is 7.71. The number of carbonyl (C=O) groups excluding carboxylic acids is 1. The number of carbonyl (C=O) groups is 1. The topological polar surface area (TPSA) is 82.9 Å². The Labute approximate surface area is 92.3 Å². The number of aliphatic hydroxyl groups excluding tert-OH is 1.